The van der Waals surface area contributed by atoms with Gasteiger partial charge in [0.2, 0.25) is 0 Å². The second-order valence-electron chi connectivity index (χ2n) is 4.04. The molecule has 1 aromatic carbocycles. The fraction of sp³-hybridized carbons (Fsp3) is 0.462. The number of nitrogens with one attached hydrogen (secondary N) is 1. The Morgan fingerprint density at radius 1 is 1.32 bits per heavy atom. The normalized spacial score (nSPS) is 12.8. The Bertz CT molecular complexity index is 423. The molecule has 1 atom stereocenters. The van der Waals surface area contributed by atoms with E-state index in [-0.39, 0.29) is 11.8 Å². The number of rotatable bonds is 6. The number of nitrogens with zero attached hydrogens (tertiary/aromatic N) is 1. The minimum Gasteiger partial charge on any atom is -0.406 e. The van der Waals surface area contributed by atoms with Gasteiger partial charge in [0.15, 0.2) is 0 Å². The van der Waals surface area contributed by atoms with Gasteiger partial charge in [-0.05, 0) is 24.1 Å². The van der Waals surface area contributed by atoms with Crippen molar-refractivity contribution in [2.24, 2.45) is 0 Å². The summed E-state index contributed by atoms with van der Waals surface area (Å²) in [5.74, 6) is -0.236. The quantitative estimate of drug-likeness (QED) is 0.863. The molecule has 0 aliphatic heterocycles. The Morgan fingerprint density at radius 2 is 1.95 bits per heavy atom. The molecular formula is C13H15F3N2O. The lowest BCUT2D eigenvalue weighted by Gasteiger charge is -2.14. The van der Waals surface area contributed by atoms with Crippen LogP contribution in [0.3, 0.4) is 0 Å². The summed E-state index contributed by atoms with van der Waals surface area (Å²) >= 11 is 0. The van der Waals surface area contributed by atoms with Crippen LogP contribution in [0.5, 0.6) is 5.75 Å². The summed E-state index contributed by atoms with van der Waals surface area (Å²) in [6, 6.07) is 7.85. The number of hydrogen-bond acceptors (Lipinski definition) is 3. The summed E-state index contributed by atoms with van der Waals surface area (Å²) < 4.78 is 39.7. The monoisotopic (exact) mass is 272 g/mol. The predicted octanol–water partition coefficient (Wildman–Crippen LogP) is 3.37. The third-order valence-electron chi connectivity index (χ3n) is 2.58. The average molecular weight is 272 g/mol. The first kappa shape index (κ1) is 15.3. The van der Waals surface area contributed by atoms with E-state index in [1.807, 2.05) is 6.92 Å². The Kier molecular flexibility index (Phi) is 5.64. The third-order valence-corrected chi connectivity index (χ3v) is 2.58. The van der Waals surface area contributed by atoms with Crippen molar-refractivity contribution in [3.63, 3.8) is 0 Å². The average Bonchev–Trinajstić information content (AvgIpc) is 2.34. The number of hydrogen-bond donors (Lipinski definition) is 1. The van der Waals surface area contributed by atoms with Gasteiger partial charge in [0, 0.05) is 12.6 Å². The SMILES string of the molecule is CCC(CC#N)NCc1ccc(OC(F)(F)F)cc1. The highest BCUT2D eigenvalue weighted by Crippen LogP contribution is 2.22. The molecule has 0 amide bonds. The molecule has 0 saturated heterocycles. The smallest absolute Gasteiger partial charge is 0.406 e. The van der Waals surface area contributed by atoms with Crippen LogP contribution < -0.4 is 10.1 Å². The molecule has 0 aliphatic rings. The zero-order chi connectivity index (χ0) is 14.3. The first-order valence-corrected chi connectivity index (χ1v) is 5.89. The maximum atomic E-state index is 12.0. The Morgan fingerprint density at radius 3 is 2.42 bits per heavy atom. The van der Waals surface area contributed by atoms with Gasteiger partial charge < -0.3 is 10.1 Å². The maximum absolute atomic E-state index is 12.0. The molecule has 0 aliphatic carbocycles. The highest BCUT2D eigenvalue weighted by atomic mass is 19.4. The van der Waals surface area contributed by atoms with Gasteiger partial charge in [0.1, 0.15) is 5.75 Å². The summed E-state index contributed by atoms with van der Waals surface area (Å²) in [6.45, 7) is 2.47. The second-order valence-corrected chi connectivity index (χ2v) is 4.04. The van der Waals surface area contributed by atoms with Gasteiger partial charge in [-0.25, -0.2) is 0 Å². The summed E-state index contributed by atoms with van der Waals surface area (Å²) in [5.41, 5.74) is 0.839. The summed E-state index contributed by atoms with van der Waals surface area (Å²) in [7, 11) is 0. The molecule has 0 fully saturated rings. The van der Waals surface area contributed by atoms with Crippen LogP contribution in [0.25, 0.3) is 0 Å². The van der Waals surface area contributed by atoms with E-state index in [2.05, 4.69) is 16.1 Å². The first-order valence-electron chi connectivity index (χ1n) is 5.89. The van der Waals surface area contributed by atoms with Crippen molar-refractivity contribution in [1.29, 1.82) is 5.26 Å². The lowest BCUT2D eigenvalue weighted by Crippen LogP contribution is -2.27. The van der Waals surface area contributed by atoms with Crippen molar-refractivity contribution in [2.75, 3.05) is 0 Å². The van der Waals surface area contributed by atoms with E-state index in [4.69, 9.17) is 5.26 Å². The zero-order valence-electron chi connectivity index (χ0n) is 10.5. The molecule has 1 rings (SSSR count). The molecule has 0 aromatic heterocycles. The molecule has 0 spiro atoms. The van der Waals surface area contributed by atoms with E-state index in [0.29, 0.717) is 13.0 Å². The van der Waals surface area contributed by atoms with Gasteiger partial charge >= 0.3 is 6.36 Å². The maximum Gasteiger partial charge on any atom is 0.573 e. The standard InChI is InChI=1S/C13H15F3N2O/c1-2-11(7-8-17)18-9-10-3-5-12(6-4-10)19-13(14,15)16/h3-6,11,18H,2,7,9H2,1H3. The molecule has 1 N–H and O–H groups in total. The fourth-order valence-corrected chi connectivity index (χ4v) is 1.54. The van der Waals surface area contributed by atoms with Gasteiger partial charge in [-0.15, -0.1) is 13.2 Å². The molecule has 1 aromatic rings. The van der Waals surface area contributed by atoms with E-state index in [1.54, 1.807) is 12.1 Å². The molecular weight excluding hydrogens is 257 g/mol. The van der Waals surface area contributed by atoms with Crippen LogP contribution in [0.2, 0.25) is 0 Å². The van der Waals surface area contributed by atoms with E-state index < -0.39 is 6.36 Å². The number of alkyl halides is 3. The van der Waals surface area contributed by atoms with Crippen molar-refractivity contribution < 1.29 is 17.9 Å². The van der Waals surface area contributed by atoms with Crippen LogP contribution in [-0.4, -0.2) is 12.4 Å². The van der Waals surface area contributed by atoms with Gasteiger partial charge in [0.05, 0.1) is 12.5 Å². The van der Waals surface area contributed by atoms with Gasteiger partial charge in [-0.1, -0.05) is 19.1 Å². The Balaban J connectivity index is 2.51. The number of halogens is 3. The zero-order valence-corrected chi connectivity index (χ0v) is 10.5. The van der Waals surface area contributed by atoms with E-state index in [0.717, 1.165) is 12.0 Å². The molecule has 1 unspecified atom stereocenters. The van der Waals surface area contributed by atoms with Crippen LogP contribution in [0, 0.1) is 11.3 Å². The highest BCUT2D eigenvalue weighted by Gasteiger charge is 2.30. The van der Waals surface area contributed by atoms with E-state index >= 15 is 0 Å². The van der Waals surface area contributed by atoms with Crippen LogP contribution in [0.15, 0.2) is 24.3 Å². The minimum absolute atomic E-state index is 0.0936. The summed E-state index contributed by atoms with van der Waals surface area (Å²) in [6.07, 6.45) is -3.44. The topological polar surface area (TPSA) is 45.0 Å². The molecule has 104 valence electrons. The van der Waals surface area contributed by atoms with Crippen molar-refractivity contribution >= 4 is 0 Å². The molecule has 6 heteroatoms. The molecule has 0 heterocycles. The van der Waals surface area contributed by atoms with Gasteiger partial charge in [0.25, 0.3) is 0 Å². The van der Waals surface area contributed by atoms with Crippen molar-refractivity contribution in [1.82, 2.24) is 5.32 Å². The van der Waals surface area contributed by atoms with Gasteiger partial charge in [-0.3, -0.25) is 0 Å². The van der Waals surface area contributed by atoms with Crippen LogP contribution in [-0.2, 0) is 6.54 Å². The predicted molar refractivity (Wildman–Crippen MR) is 64.3 cm³/mol. The summed E-state index contributed by atoms with van der Waals surface area (Å²) in [5, 5.41) is 11.8. The van der Waals surface area contributed by atoms with E-state index in [9.17, 15) is 13.2 Å². The lowest BCUT2D eigenvalue weighted by atomic mass is 10.1. The van der Waals surface area contributed by atoms with Crippen LogP contribution in [0.1, 0.15) is 25.3 Å². The third kappa shape index (κ3) is 6.11. The Labute approximate surface area is 110 Å². The highest BCUT2D eigenvalue weighted by molar-refractivity contribution is 5.27. The second kappa shape index (κ2) is 7.00. The van der Waals surface area contributed by atoms with Gasteiger partial charge in [-0.2, -0.15) is 5.26 Å². The largest absolute Gasteiger partial charge is 0.573 e. The number of nitriles is 1. The number of ether oxygens (including phenoxy) is 1. The van der Waals surface area contributed by atoms with Crippen LogP contribution in [0.4, 0.5) is 13.2 Å². The minimum atomic E-state index is -4.67. The Hall–Kier alpha value is -1.74. The van der Waals surface area contributed by atoms with Crippen molar-refractivity contribution in [3.8, 4) is 11.8 Å². The van der Waals surface area contributed by atoms with Crippen molar-refractivity contribution in [2.45, 2.75) is 38.7 Å². The number of benzene rings is 1. The molecule has 0 radical (unpaired) electrons. The molecule has 3 nitrogen and oxygen atoms in total. The lowest BCUT2D eigenvalue weighted by molar-refractivity contribution is -0.274. The first-order chi connectivity index (χ1) is 8.94. The molecule has 19 heavy (non-hydrogen) atoms. The molecule has 0 bridgehead atoms. The van der Waals surface area contributed by atoms with E-state index in [1.165, 1.54) is 12.1 Å². The van der Waals surface area contributed by atoms with Crippen LogP contribution >= 0.6 is 0 Å². The summed E-state index contributed by atoms with van der Waals surface area (Å²) in [4.78, 5) is 0. The molecule has 0 saturated carbocycles. The van der Waals surface area contributed by atoms with Crippen molar-refractivity contribution in [3.05, 3.63) is 29.8 Å². The fourth-order valence-electron chi connectivity index (χ4n) is 1.54.